The molecule has 5 aromatic rings. The Morgan fingerprint density at radius 3 is 2.38 bits per heavy atom. The summed E-state index contributed by atoms with van der Waals surface area (Å²) < 4.78 is 31.7. The van der Waals surface area contributed by atoms with Gasteiger partial charge in [-0.2, -0.15) is 13.2 Å². The van der Waals surface area contributed by atoms with Crippen molar-refractivity contribution in [2.24, 2.45) is 0 Å². The van der Waals surface area contributed by atoms with Crippen molar-refractivity contribution in [2.75, 3.05) is 6.54 Å². The number of carboxylic acid groups (broad SMARTS) is 1. The molecule has 7 nitrogen and oxygen atoms in total. The molecule has 3 aromatic heterocycles. The fourth-order valence-corrected chi connectivity index (χ4v) is 4.42. The van der Waals surface area contributed by atoms with Crippen LogP contribution in [-0.2, 0) is 4.79 Å². The zero-order valence-electron chi connectivity index (χ0n) is 20.2. The Kier molecular flexibility index (Phi) is 6.84. The number of halogens is 3. The van der Waals surface area contributed by atoms with Crippen LogP contribution in [0.4, 0.5) is 13.2 Å². The molecular weight excluding hydrogens is 509 g/mol. The first-order valence-corrected chi connectivity index (χ1v) is 11.9. The van der Waals surface area contributed by atoms with Gasteiger partial charge in [0.1, 0.15) is 0 Å². The van der Waals surface area contributed by atoms with E-state index in [9.17, 15) is 18.0 Å². The van der Waals surface area contributed by atoms with Gasteiger partial charge in [-0.1, -0.05) is 48.5 Å². The first-order chi connectivity index (χ1) is 18.7. The Bertz CT molecular complexity index is 1670. The second kappa shape index (κ2) is 10.4. The molecule has 1 atom stereocenters. The van der Waals surface area contributed by atoms with E-state index in [1.165, 1.54) is 5.56 Å². The molecule has 1 aliphatic heterocycles. The van der Waals surface area contributed by atoms with Gasteiger partial charge in [0.05, 0.1) is 16.8 Å². The number of H-pyrrole nitrogens is 1. The number of aliphatic carboxylic acids is 1. The molecule has 4 heterocycles. The van der Waals surface area contributed by atoms with Crippen LogP contribution in [0.5, 0.6) is 0 Å². The van der Waals surface area contributed by atoms with E-state index in [0.29, 0.717) is 12.1 Å². The lowest BCUT2D eigenvalue weighted by atomic mass is 9.90. The zero-order chi connectivity index (χ0) is 27.6. The first kappa shape index (κ1) is 25.7. The lowest BCUT2D eigenvalue weighted by Gasteiger charge is -2.23. The fraction of sp³-hybridized carbons (Fsp3) is 0.103. The Labute approximate surface area is 220 Å². The number of hydrogen-bond acceptors (Lipinski definition) is 4. The molecule has 3 N–H and O–H groups in total. The van der Waals surface area contributed by atoms with Gasteiger partial charge < -0.3 is 15.4 Å². The average molecular weight is 531 g/mol. The minimum absolute atomic E-state index is 0.0392. The summed E-state index contributed by atoms with van der Waals surface area (Å²) in [6.07, 6.45) is -1.43. The van der Waals surface area contributed by atoms with Crippen molar-refractivity contribution < 1.29 is 27.9 Å². The van der Waals surface area contributed by atoms with Crippen LogP contribution in [0.3, 0.4) is 0 Å². The van der Waals surface area contributed by atoms with Crippen LogP contribution in [0.2, 0.25) is 0 Å². The highest BCUT2D eigenvalue weighted by Crippen LogP contribution is 2.34. The Balaban J connectivity index is 0.000000392. The highest BCUT2D eigenvalue weighted by molar-refractivity contribution is 5.98. The number of carboxylic acids is 1. The average Bonchev–Trinajstić information content (AvgIpc) is 3.40. The molecule has 0 spiro atoms. The molecule has 0 aliphatic carbocycles. The summed E-state index contributed by atoms with van der Waals surface area (Å²) in [6.45, 7) is 0.583. The van der Waals surface area contributed by atoms with Gasteiger partial charge >= 0.3 is 12.1 Å². The van der Waals surface area contributed by atoms with E-state index in [1.54, 1.807) is 6.20 Å². The predicted molar refractivity (Wildman–Crippen MR) is 139 cm³/mol. The second-order valence-electron chi connectivity index (χ2n) is 8.83. The summed E-state index contributed by atoms with van der Waals surface area (Å²) in [5, 5.41) is 11.2. The summed E-state index contributed by atoms with van der Waals surface area (Å²) in [5.41, 5.74) is 7.50. The summed E-state index contributed by atoms with van der Waals surface area (Å²) in [7, 11) is 0. The van der Waals surface area contributed by atoms with Crippen LogP contribution >= 0.6 is 0 Å². The molecule has 1 amide bonds. The van der Waals surface area contributed by atoms with Gasteiger partial charge in [0.25, 0.3) is 5.91 Å². The minimum Gasteiger partial charge on any atom is -0.475 e. The van der Waals surface area contributed by atoms with E-state index in [4.69, 9.17) is 9.90 Å². The number of nitrogens with one attached hydrogen (secondary N) is 2. The molecule has 0 radical (unpaired) electrons. The SMILES string of the molecule is O=C(O)C(F)(F)F.O=C1NCC(c2ccccc2)c2[nH]c(-c3ccnc(-c4cnc5ccccc5c4)c3)cc21. The van der Waals surface area contributed by atoms with Crippen molar-refractivity contribution in [1.82, 2.24) is 20.3 Å². The van der Waals surface area contributed by atoms with Crippen molar-refractivity contribution in [3.05, 3.63) is 108 Å². The van der Waals surface area contributed by atoms with Crippen molar-refractivity contribution >= 4 is 22.8 Å². The molecule has 196 valence electrons. The topological polar surface area (TPSA) is 108 Å². The normalized spacial score (nSPS) is 14.6. The van der Waals surface area contributed by atoms with Crippen molar-refractivity contribution in [2.45, 2.75) is 12.1 Å². The maximum Gasteiger partial charge on any atom is 0.490 e. The minimum atomic E-state index is -5.08. The number of hydrogen-bond donors (Lipinski definition) is 3. The zero-order valence-corrected chi connectivity index (χ0v) is 20.2. The van der Waals surface area contributed by atoms with Gasteiger partial charge in [0.15, 0.2) is 0 Å². The largest absolute Gasteiger partial charge is 0.490 e. The van der Waals surface area contributed by atoms with E-state index in [-0.39, 0.29) is 11.8 Å². The smallest absolute Gasteiger partial charge is 0.475 e. The molecule has 0 saturated heterocycles. The number of aromatic amines is 1. The van der Waals surface area contributed by atoms with Crippen LogP contribution in [0.25, 0.3) is 33.4 Å². The Morgan fingerprint density at radius 2 is 1.64 bits per heavy atom. The molecule has 6 rings (SSSR count). The number of fused-ring (bicyclic) bond motifs is 2. The maximum atomic E-state index is 12.6. The van der Waals surface area contributed by atoms with Gasteiger partial charge in [0.2, 0.25) is 0 Å². The third kappa shape index (κ3) is 5.49. The summed E-state index contributed by atoms with van der Waals surface area (Å²) in [5.74, 6) is -2.70. The molecular formula is C29H21F3N4O3. The van der Waals surface area contributed by atoms with Gasteiger partial charge in [0, 0.05) is 52.8 Å². The van der Waals surface area contributed by atoms with Crippen LogP contribution in [-0.4, -0.2) is 44.7 Å². The molecule has 0 fully saturated rings. The van der Waals surface area contributed by atoms with Gasteiger partial charge in [-0.25, -0.2) is 4.79 Å². The van der Waals surface area contributed by atoms with E-state index in [2.05, 4.69) is 44.5 Å². The van der Waals surface area contributed by atoms with E-state index in [1.807, 2.05) is 60.8 Å². The van der Waals surface area contributed by atoms with Crippen molar-refractivity contribution in [1.29, 1.82) is 0 Å². The fourth-order valence-electron chi connectivity index (χ4n) is 4.42. The monoisotopic (exact) mass is 530 g/mol. The highest BCUT2D eigenvalue weighted by atomic mass is 19.4. The molecule has 2 aromatic carbocycles. The Hall–Kier alpha value is -4.99. The summed E-state index contributed by atoms with van der Waals surface area (Å²) >= 11 is 0. The van der Waals surface area contributed by atoms with Crippen LogP contribution in [0.15, 0.2) is 91.3 Å². The summed E-state index contributed by atoms with van der Waals surface area (Å²) in [6, 6.07) is 26.4. The number of rotatable bonds is 3. The van der Waals surface area contributed by atoms with Gasteiger partial charge in [-0.05, 0) is 35.9 Å². The number of alkyl halides is 3. The maximum absolute atomic E-state index is 12.6. The number of pyridine rings is 2. The number of carbonyl (C=O) groups is 2. The third-order valence-electron chi connectivity index (χ3n) is 6.31. The highest BCUT2D eigenvalue weighted by Gasteiger charge is 2.38. The van der Waals surface area contributed by atoms with Gasteiger partial charge in [-0.15, -0.1) is 0 Å². The quantitative estimate of drug-likeness (QED) is 0.273. The lowest BCUT2D eigenvalue weighted by molar-refractivity contribution is -0.192. The van der Waals surface area contributed by atoms with Crippen LogP contribution in [0.1, 0.15) is 27.5 Å². The Morgan fingerprint density at radius 1 is 0.923 bits per heavy atom. The van der Waals surface area contributed by atoms with E-state index in [0.717, 1.165) is 39.1 Å². The first-order valence-electron chi connectivity index (χ1n) is 11.9. The van der Waals surface area contributed by atoms with Crippen molar-refractivity contribution in [3.8, 4) is 22.5 Å². The molecule has 0 bridgehead atoms. The summed E-state index contributed by atoms with van der Waals surface area (Å²) in [4.78, 5) is 34.1. The van der Waals surface area contributed by atoms with E-state index >= 15 is 0 Å². The lowest BCUT2D eigenvalue weighted by Crippen LogP contribution is -2.35. The van der Waals surface area contributed by atoms with Gasteiger partial charge in [-0.3, -0.25) is 14.8 Å². The number of nitrogens with zero attached hydrogens (tertiary/aromatic N) is 2. The predicted octanol–water partition coefficient (Wildman–Crippen LogP) is 5.80. The standard InChI is InChI=1S/C27H20N4O.C2HF3O2/c32-27-21-14-25(31-26(21)22(16-30-27)17-6-2-1-3-7-17)19-10-11-28-24(13-19)20-12-18-8-4-5-9-23(18)29-15-20;3-2(4,5)1(6)7/h1-15,22,31H,16H2,(H,30,32);(H,6,7). The number of aromatic nitrogens is 3. The third-order valence-corrected chi connectivity index (χ3v) is 6.31. The molecule has 1 aliphatic rings. The number of amides is 1. The second-order valence-corrected chi connectivity index (χ2v) is 8.83. The van der Waals surface area contributed by atoms with Crippen molar-refractivity contribution in [3.63, 3.8) is 0 Å². The molecule has 0 saturated carbocycles. The van der Waals surface area contributed by atoms with Crippen LogP contribution < -0.4 is 5.32 Å². The van der Waals surface area contributed by atoms with E-state index < -0.39 is 12.1 Å². The number of carbonyl (C=O) groups excluding carboxylic acids is 1. The number of para-hydroxylation sites is 1. The number of benzene rings is 2. The van der Waals surface area contributed by atoms with Crippen LogP contribution in [0, 0.1) is 0 Å². The molecule has 10 heteroatoms. The molecule has 1 unspecified atom stereocenters. The molecule has 39 heavy (non-hydrogen) atoms.